The standard InChI is InChI=1S/C11H21N3O3/c1-8(10(16)13-11(12)17)14-5-2-3-9(7-14)4-6-15/h8-9,15H,2-7H2,1H3,(H3,12,13,16,17). The molecule has 0 spiro atoms. The lowest BCUT2D eigenvalue weighted by atomic mass is 9.94. The first-order valence-electron chi connectivity index (χ1n) is 5.99. The van der Waals surface area contributed by atoms with Crippen molar-refractivity contribution in [1.29, 1.82) is 0 Å². The molecule has 6 nitrogen and oxygen atoms in total. The average Bonchev–Trinajstić information content (AvgIpc) is 2.28. The van der Waals surface area contributed by atoms with Crippen LogP contribution in [0.2, 0.25) is 0 Å². The molecular weight excluding hydrogens is 222 g/mol. The topological polar surface area (TPSA) is 95.7 Å². The number of nitrogens with two attached hydrogens (primary N) is 1. The zero-order valence-electron chi connectivity index (χ0n) is 10.2. The van der Waals surface area contributed by atoms with Gasteiger partial charge in [-0.2, -0.15) is 0 Å². The van der Waals surface area contributed by atoms with E-state index in [4.69, 9.17) is 10.8 Å². The normalized spacial score (nSPS) is 23.1. The number of aliphatic hydroxyl groups excluding tert-OH is 1. The number of piperidine rings is 1. The predicted octanol–water partition coefficient (Wildman–Crippen LogP) is -0.336. The molecule has 4 N–H and O–H groups in total. The summed E-state index contributed by atoms with van der Waals surface area (Å²) in [4.78, 5) is 24.2. The van der Waals surface area contributed by atoms with Gasteiger partial charge in [0.2, 0.25) is 5.91 Å². The number of urea groups is 1. The molecule has 3 amide bonds. The van der Waals surface area contributed by atoms with Crippen LogP contribution >= 0.6 is 0 Å². The van der Waals surface area contributed by atoms with Crippen LogP contribution in [-0.4, -0.2) is 47.7 Å². The van der Waals surface area contributed by atoms with Gasteiger partial charge < -0.3 is 10.8 Å². The minimum Gasteiger partial charge on any atom is -0.396 e. The number of rotatable bonds is 4. The summed E-state index contributed by atoms with van der Waals surface area (Å²) in [5.74, 6) is 0.0692. The summed E-state index contributed by atoms with van der Waals surface area (Å²) in [6.07, 6.45) is 2.86. The molecule has 6 heteroatoms. The lowest BCUT2D eigenvalue weighted by molar-refractivity contribution is -0.125. The van der Waals surface area contributed by atoms with Crippen LogP contribution in [0.15, 0.2) is 0 Å². The molecule has 1 rings (SSSR count). The average molecular weight is 243 g/mol. The second kappa shape index (κ2) is 6.56. The molecule has 17 heavy (non-hydrogen) atoms. The van der Waals surface area contributed by atoms with Crippen molar-refractivity contribution in [2.75, 3.05) is 19.7 Å². The van der Waals surface area contributed by atoms with Gasteiger partial charge in [0.1, 0.15) is 0 Å². The van der Waals surface area contributed by atoms with Gasteiger partial charge in [0.15, 0.2) is 0 Å². The van der Waals surface area contributed by atoms with E-state index in [1.54, 1.807) is 6.92 Å². The number of nitrogens with zero attached hydrogens (tertiary/aromatic N) is 1. The van der Waals surface area contributed by atoms with E-state index in [9.17, 15) is 9.59 Å². The zero-order chi connectivity index (χ0) is 12.8. The smallest absolute Gasteiger partial charge is 0.318 e. The molecule has 0 aromatic carbocycles. The van der Waals surface area contributed by atoms with Crippen molar-refractivity contribution in [3.63, 3.8) is 0 Å². The summed E-state index contributed by atoms with van der Waals surface area (Å²) >= 11 is 0. The van der Waals surface area contributed by atoms with Gasteiger partial charge in [0, 0.05) is 13.2 Å². The quantitative estimate of drug-likeness (QED) is 0.629. The molecule has 2 unspecified atom stereocenters. The third kappa shape index (κ3) is 4.32. The summed E-state index contributed by atoms with van der Waals surface area (Å²) in [5, 5.41) is 11.0. The minimum absolute atomic E-state index is 0.181. The minimum atomic E-state index is -0.814. The molecule has 0 aliphatic carbocycles. The second-order valence-corrected chi connectivity index (χ2v) is 4.54. The molecule has 1 aliphatic heterocycles. The third-order valence-electron chi connectivity index (χ3n) is 3.26. The highest BCUT2D eigenvalue weighted by atomic mass is 16.3. The van der Waals surface area contributed by atoms with Gasteiger partial charge in [-0.3, -0.25) is 15.0 Å². The lowest BCUT2D eigenvalue weighted by Crippen LogP contribution is -2.51. The Labute approximate surface area is 101 Å². The Balaban J connectivity index is 2.47. The molecular formula is C11H21N3O3. The molecule has 0 aromatic heterocycles. The van der Waals surface area contributed by atoms with Crippen molar-refractivity contribution in [2.24, 2.45) is 11.7 Å². The van der Waals surface area contributed by atoms with Crippen LogP contribution in [0.4, 0.5) is 4.79 Å². The fourth-order valence-corrected chi connectivity index (χ4v) is 2.26. The summed E-state index contributed by atoms with van der Waals surface area (Å²) < 4.78 is 0. The molecule has 0 aromatic rings. The van der Waals surface area contributed by atoms with Crippen molar-refractivity contribution in [2.45, 2.75) is 32.2 Å². The molecule has 0 radical (unpaired) electrons. The number of amides is 3. The molecule has 1 aliphatic rings. The van der Waals surface area contributed by atoms with Crippen molar-refractivity contribution in [3.8, 4) is 0 Å². The van der Waals surface area contributed by atoms with Crippen molar-refractivity contribution in [3.05, 3.63) is 0 Å². The number of carbonyl (C=O) groups excluding carboxylic acids is 2. The third-order valence-corrected chi connectivity index (χ3v) is 3.26. The van der Waals surface area contributed by atoms with Crippen molar-refractivity contribution < 1.29 is 14.7 Å². The first-order chi connectivity index (χ1) is 8.04. The molecule has 98 valence electrons. The Kier molecular flexibility index (Phi) is 5.37. The van der Waals surface area contributed by atoms with E-state index in [-0.39, 0.29) is 18.6 Å². The van der Waals surface area contributed by atoms with Gasteiger partial charge in [-0.05, 0) is 38.6 Å². The highest BCUT2D eigenvalue weighted by Gasteiger charge is 2.27. The molecule has 0 saturated carbocycles. The van der Waals surface area contributed by atoms with Gasteiger partial charge in [0.05, 0.1) is 6.04 Å². The fraction of sp³-hybridized carbons (Fsp3) is 0.818. The van der Waals surface area contributed by atoms with E-state index in [1.165, 1.54) is 0 Å². The molecule has 1 saturated heterocycles. The van der Waals surface area contributed by atoms with Crippen LogP contribution in [0.5, 0.6) is 0 Å². The highest BCUT2D eigenvalue weighted by molar-refractivity contribution is 5.96. The predicted molar refractivity (Wildman–Crippen MR) is 63.2 cm³/mol. The number of carbonyl (C=O) groups is 2. The largest absolute Gasteiger partial charge is 0.396 e. The summed E-state index contributed by atoms with van der Waals surface area (Å²) in [6, 6.07) is -1.17. The van der Waals surface area contributed by atoms with E-state index in [0.29, 0.717) is 5.92 Å². The number of imide groups is 1. The van der Waals surface area contributed by atoms with E-state index in [1.807, 2.05) is 4.90 Å². The van der Waals surface area contributed by atoms with Crippen molar-refractivity contribution in [1.82, 2.24) is 10.2 Å². The molecule has 2 atom stereocenters. The van der Waals surface area contributed by atoms with Gasteiger partial charge in [0.25, 0.3) is 0 Å². The monoisotopic (exact) mass is 243 g/mol. The van der Waals surface area contributed by atoms with Crippen molar-refractivity contribution >= 4 is 11.9 Å². The molecule has 1 fully saturated rings. The van der Waals surface area contributed by atoms with E-state index >= 15 is 0 Å². The SMILES string of the molecule is CC(C(=O)NC(N)=O)N1CCCC(CCO)C1. The maximum absolute atomic E-state index is 11.6. The van der Waals surface area contributed by atoms with E-state index in [2.05, 4.69) is 5.32 Å². The first kappa shape index (κ1) is 13.9. The van der Waals surface area contributed by atoms with Gasteiger partial charge in [-0.1, -0.05) is 0 Å². The number of aliphatic hydroxyl groups is 1. The van der Waals surface area contributed by atoms with Crippen LogP contribution in [0.1, 0.15) is 26.2 Å². The summed E-state index contributed by atoms with van der Waals surface area (Å²) in [6.45, 7) is 3.57. The van der Waals surface area contributed by atoms with Crippen LogP contribution in [0.3, 0.4) is 0 Å². The van der Waals surface area contributed by atoms with Crippen LogP contribution in [0.25, 0.3) is 0 Å². The second-order valence-electron chi connectivity index (χ2n) is 4.54. The Hall–Kier alpha value is -1.14. The number of hydrogen-bond acceptors (Lipinski definition) is 4. The first-order valence-corrected chi connectivity index (χ1v) is 5.99. The zero-order valence-corrected chi connectivity index (χ0v) is 10.2. The molecule has 0 bridgehead atoms. The Morgan fingerprint density at radius 3 is 2.88 bits per heavy atom. The van der Waals surface area contributed by atoms with E-state index in [0.717, 1.165) is 32.4 Å². The van der Waals surface area contributed by atoms with Gasteiger partial charge in [-0.15, -0.1) is 0 Å². The maximum atomic E-state index is 11.6. The maximum Gasteiger partial charge on any atom is 0.318 e. The summed E-state index contributed by atoms with van der Waals surface area (Å²) in [7, 11) is 0. The lowest BCUT2D eigenvalue weighted by Gasteiger charge is -2.35. The van der Waals surface area contributed by atoms with Crippen LogP contribution < -0.4 is 11.1 Å². The van der Waals surface area contributed by atoms with Gasteiger partial charge >= 0.3 is 6.03 Å². The number of nitrogens with one attached hydrogen (secondary N) is 1. The highest BCUT2D eigenvalue weighted by Crippen LogP contribution is 2.20. The summed E-state index contributed by atoms with van der Waals surface area (Å²) in [5.41, 5.74) is 4.91. The Morgan fingerprint density at radius 1 is 1.59 bits per heavy atom. The Morgan fingerprint density at radius 2 is 2.29 bits per heavy atom. The fourth-order valence-electron chi connectivity index (χ4n) is 2.26. The number of likely N-dealkylation sites (tertiary alicyclic amines) is 1. The van der Waals surface area contributed by atoms with Gasteiger partial charge in [-0.25, -0.2) is 4.79 Å². The Bertz CT molecular complexity index is 281. The van der Waals surface area contributed by atoms with E-state index < -0.39 is 6.03 Å². The van der Waals surface area contributed by atoms with Crippen LogP contribution in [0, 0.1) is 5.92 Å². The van der Waals surface area contributed by atoms with Crippen LogP contribution in [-0.2, 0) is 4.79 Å². The molecule has 1 heterocycles. The number of primary amides is 1. The number of hydrogen-bond donors (Lipinski definition) is 3.